The zero-order valence-corrected chi connectivity index (χ0v) is 8.74. The van der Waals surface area contributed by atoms with Crippen LogP contribution in [0.1, 0.15) is 0 Å². The average molecular weight is 230 g/mol. The summed E-state index contributed by atoms with van der Waals surface area (Å²) in [5.41, 5.74) is 0. The van der Waals surface area contributed by atoms with Crippen molar-refractivity contribution < 1.29 is 50.3 Å². The number of hydrogen-bond donors (Lipinski definition) is 0. The summed E-state index contributed by atoms with van der Waals surface area (Å²) in [7, 11) is 0. The molecule has 0 amide bonds. The van der Waals surface area contributed by atoms with E-state index in [1.165, 1.54) is 0 Å². The van der Waals surface area contributed by atoms with Gasteiger partial charge in [-0.2, -0.15) is 13.5 Å². The van der Waals surface area contributed by atoms with Crippen LogP contribution in [0.15, 0.2) is 0 Å². The predicted octanol–water partition coefficient (Wildman–Crippen LogP) is -0.275. The van der Waals surface area contributed by atoms with Gasteiger partial charge >= 0.3 is 0 Å². The maximum atomic E-state index is 0. The molecule has 0 aliphatic carbocycles. The van der Waals surface area contributed by atoms with Crippen LogP contribution in [-0.4, -0.2) is 29.6 Å². The van der Waals surface area contributed by atoms with Crippen LogP contribution in [0, 0.1) is 0 Å². The van der Waals surface area contributed by atoms with Gasteiger partial charge in [0.15, 0.2) is 0 Å². The molecule has 0 bridgehead atoms. The van der Waals surface area contributed by atoms with Crippen molar-refractivity contribution in [3.05, 3.63) is 0 Å². The van der Waals surface area contributed by atoms with Crippen LogP contribution in [0.25, 0.3) is 0 Å². The SMILES string of the molecule is S.[Co].[Mn].[Na].[Ni]. The van der Waals surface area contributed by atoms with E-state index in [1.54, 1.807) is 0 Å². The quantitative estimate of drug-likeness (QED) is 0.502. The molecule has 0 aromatic rings. The molecule has 35 valence electrons. The van der Waals surface area contributed by atoms with Gasteiger partial charge in [-0.1, -0.05) is 0 Å². The van der Waals surface area contributed by atoms with Gasteiger partial charge in [0.1, 0.15) is 0 Å². The molecule has 0 atom stereocenters. The molecule has 3 radical (unpaired) electrons. The van der Waals surface area contributed by atoms with E-state index in [4.69, 9.17) is 0 Å². The standard InChI is InChI=1S/Co.Mn.Na.Ni.H2S/h;;;;1H2. The van der Waals surface area contributed by atoms with Crippen LogP contribution in [0.5, 0.6) is 0 Å². The number of rotatable bonds is 0. The van der Waals surface area contributed by atoms with Crippen LogP contribution in [0.3, 0.4) is 0 Å². The summed E-state index contributed by atoms with van der Waals surface area (Å²) < 4.78 is 0. The van der Waals surface area contributed by atoms with Gasteiger partial charge in [0.05, 0.1) is 0 Å². The Bertz CT molecular complexity index is 11.6. The van der Waals surface area contributed by atoms with E-state index in [0.29, 0.717) is 0 Å². The first-order chi connectivity index (χ1) is 0. The van der Waals surface area contributed by atoms with Crippen molar-refractivity contribution in [1.82, 2.24) is 0 Å². The Kier molecular flexibility index (Phi) is 259. The summed E-state index contributed by atoms with van der Waals surface area (Å²) in [6.07, 6.45) is 0. The Morgan fingerprint density at radius 2 is 1.00 bits per heavy atom. The van der Waals surface area contributed by atoms with E-state index in [-0.39, 0.29) is 93.4 Å². The largest absolute Gasteiger partial charge is 0.197 e. The Morgan fingerprint density at radius 1 is 1.00 bits per heavy atom. The van der Waals surface area contributed by atoms with Crippen molar-refractivity contribution in [1.29, 1.82) is 0 Å². The average Bonchev–Trinajstić information content (AvgIpc) is 0. The molecule has 5 heavy (non-hydrogen) atoms. The minimum absolute atomic E-state index is 0. The van der Waals surface area contributed by atoms with Gasteiger partial charge in [0.2, 0.25) is 0 Å². The first-order valence-corrected chi connectivity index (χ1v) is 0. The minimum atomic E-state index is 0. The molecular weight excluding hydrogens is 228 g/mol. The Labute approximate surface area is 91.9 Å². The van der Waals surface area contributed by atoms with Gasteiger partial charge in [0, 0.05) is 79.9 Å². The van der Waals surface area contributed by atoms with E-state index in [2.05, 4.69) is 0 Å². The third-order valence-corrected chi connectivity index (χ3v) is 0. The molecular formula is H2CoMnNaNiS. The van der Waals surface area contributed by atoms with Crippen LogP contribution >= 0.6 is 13.5 Å². The van der Waals surface area contributed by atoms with Gasteiger partial charge in [-0.25, -0.2) is 0 Å². The molecule has 0 saturated carbocycles. The zero-order chi connectivity index (χ0) is 0. The molecule has 0 nitrogen and oxygen atoms in total. The molecule has 0 heterocycles. The third-order valence-electron chi connectivity index (χ3n) is 0. The molecule has 0 aliphatic rings. The fourth-order valence-electron chi connectivity index (χ4n) is 0. The van der Waals surface area contributed by atoms with Crippen molar-refractivity contribution >= 4 is 43.1 Å². The maximum Gasteiger partial charge on any atom is 0 e. The molecule has 0 rings (SSSR count). The van der Waals surface area contributed by atoms with E-state index < -0.39 is 0 Å². The van der Waals surface area contributed by atoms with E-state index in [9.17, 15) is 0 Å². The van der Waals surface area contributed by atoms with Crippen LogP contribution < -0.4 is 0 Å². The summed E-state index contributed by atoms with van der Waals surface area (Å²) in [4.78, 5) is 0. The smallest absolute Gasteiger partial charge is 0 e. The Balaban J connectivity index is 0. The van der Waals surface area contributed by atoms with Gasteiger partial charge < -0.3 is 0 Å². The molecule has 0 N–H and O–H groups in total. The summed E-state index contributed by atoms with van der Waals surface area (Å²) >= 11 is 0. The molecule has 5 heteroatoms. The molecule has 0 aromatic heterocycles. The Hall–Kier alpha value is 2.87. The molecule has 0 unspecified atom stereocenters. The predicted molar refractivity (Wildman–Crippen MR) is 16.1 cm³/mol. The third kappa shape index (κ3) is 19.8. The van der Waals surface area contributed by atoms with Crippen molar-refractivity contribution in [3.8, 4) is 0 Å². The van der Waals surface area contributed by atoms with Gasteiger partial charge in [-0.15, -0.1) is 0 Å². The topological polar surface area (TPSA) is 0 Å². The fourth-order valence-corrected chi connectivity index (χ4v) is 0. The first kappa shape index (κ1) is 45.1. The molecule has 0 aliphatic heterocycles. The summed E-state index contributed by atoms with van der Waals surface area (Å²) in [5, 5.41) is 0. The van der Waals surface area contributed by atoms with Crippen LogP contribution in [-0.2, 0) is 50.3 Å². The summed E-state index contributed by atoms with van der Waals surface area (Å²) in [6.45, 7) is 0. The van der Waals surface area contributed by atoms with Crippen molar-refractivity contribution in [3.63, 3.8) is 0 Å². The van der Waals surface area contributed by atoms with E-state index >= 15 is 0 Å². The van der Waals surface area contributed by atoms with Crippen molar-refractivity contribution in [2.24, 2.45) is 0 Å². The normalized spacial score (nSPS) is 0. The summed E-state index contributed by atoms with van der Waals surface area (Å²) in [6, 6.07) is 0. The number of hydrogen-bond acceptors (Lipinski definition) is 0. The van der Waals surface area contributed by atoms with Crippen LogP contribution in [0.2, 0.25) is 0 Å². The van der Waals surface area contributed by atoms with E-state index in [1.807, 2.05) is 0 Å². The van der Waals surface area contributed by atoms with Crippen molar-refractivity contribution in [2.45, 2.75) is 0 Å². The zero-order valence-electron chi connectivity index (χ0n) is 2.53. The summed E-state index contributed by atoms with van der Waals surface area (Å²) in [5.74, 6) is 0. The molecule has 0 aromatic carbocycles. The Morgan fingerprint density at radius 3 is 1.00 bits per heavy atom. The van der Waals surface area contributed by atoms with Crippen LogP contribution in [0.4, 0.5) is 0 Å². The minimum Gasteiger partial charge on any atom is -0.197 e. The second kappa shape index (κ2) is 28.7. The van der Waals surface area contributed by atoms with Gasteiger partial charge in [-0.3, -0.25) is 0 Å². The second-order valence-corrected chi connectivity index (χ2v) is 0. The monoisotopic (exact) mass is 229 g/mol. The van der Waals surface area contributed by atoms with Gasteiger partial charge in [-0.05, 0) is 0 Å². The van der Waals surface area contributed by atoms with Gasteiger partial charge in [0.25, 0.3) is 0 Å². The van der Waals surface area contributed by atoms with E-state index in [0.717, 1.165) is 0 Å². The van der Waals surface area contributed by atoms with Crippen molar-refractivity contribution in [2.75, 3.05) is 0 Å². The molecule has 0 spiro atoms. The second-order valence-electron chi connectivity index (χ2n) is 0. The molecule has 0 fully saturated rings. The molecule has 0 saturated heterocycles. The fraction of sp³-hybridized carbons (Fsp3) is 0. The first-order valence-electron chi connectivity index (χ1n) is 0. The maximum absolute atomic E-state index is 0.